The number of halogens is 1. The van der Waals surface area contributed by atoms with Crippen LogP contribution in [-0.2, 0) is 21.2 Å². The molecule has 1 aliphatic heterocycles. The van der Waals surface area contributed by atoms with Crippen LogP contribution in [0.1, 0.15) is 42.3 Å². The van der Waals surface area contributed by atoms with Crippen molar-refractivity contribution in [2.24, 2.45) is 5.92 Å². The number of hydrogen-bond donors (Lipinski definition) is 0. The number of amides is 1. The van der Waals surface area contributed by atoms with Crippen LogP contribution in [0.25, 0.3) is 0 Å². The van der Waals surface area contributed by atoms with E-state index in [0.717, 1.165) is 11.1 Å². The summed E-state index contributed by atoms with van der Waals surface area (Å²) in [6.07, 6.45) is 1.35. The molecule has 0 fully saturated rings. The van der Waals surface area contributed by atoms with Gasteiger partial charge in [-0.15, -0.1) is 11.3 Å². The first-order valence-corrected chi connectivity index (χ1v) is 14.8. The molecule has 0 radical (unpaired) electrons. The monoisotopic (exact) mass is 544 g/mol. The lowest BCUT2D eigenvalue weighted by atomic mass is 10.0. The number of carbonyl (C=O) groups is 1. The van der Waals surface area contributed by atoms with E-state index in [4.69, 9.17) is 4.74 Å². The minimum Gasteiger partial charge on any atom is -0.491 e. The maximum atomic E-state index is 13.7. The van der Waals surface area contributed by atoms with E-state index in [-0.39, 0.29) is 48.3 Å². The number of ether oxygens (including phenoxy) is 1. The van der Waals surface area contributed by atoms with E-state index in [2.05, 4.69) is 0 Å². The van der Waals surface area contributed by atoms with E-state index in [1.807, 2.05) is 32.2 Å². The van der Waals surface area contributed by atoms with Crippen molar-refractivity contribution in [2.75, 3.05) is 26.2 Å². The molecule has 2 aromatic carbocycles. The molecule has 1 amide bonds. The maximum Gasteiger partial charge on any atom is 0.243 e. The standard InChI is InChI=1S/C28H33FN2O4S2/c1-20(2)12-15-30(37(33,34)24-10-4-21(3)5-11-24)18-28(32)31-16-13-27-25(14-17-36-27)26(31)19-35-23-8-6-22(29)7-9-23/h4-11,14,17,20,26H,12-13,15-16,18-19H2,1-3H3/t26-/m0/s1. The van der Waals surface area contributed by atoms with Gasteiger partial charge in [0.25, 0.3) is 0 Å². The largest absolute Gasteiger partial charge is 0.491 e. The zero-order chi connectivity index (χ0) is 26.6. The quantitative estimate of drug-likeness (QED) is 0.341. The van der Waals surface area contributed by atoms with E-state index in [0.29, 0.717) is 25.1 Å². The minimum atomic E-state index is -3.85. The van der Waals surface area contributed by atoms with Gasteiger partial charge in [-0.1, -0.05) is 31.5 Å². The normalized spacial score (nSPS) is 15.7. The summed E-state index contributed by atoms with van der Waals surface area (Å²) in [5, 5.41) is 2.00. The van der Waals surface area contributed by atoms with Crippen molar-refractivity contribution < 1.29 is 22.3 Å². The summed E-state index contributed by atoms with van der Waals surface area (Å²) in [5.74, 6) is 0.185. The Bertz CT molecular complexity index is 1300. The van der Waals surface area contributed by atoms with Gasteiger partial charge in [0.1, 0.15) is 18.2 Å². The van der Waals surface area contributed by atoms with E-state index in [1.165, 1.54) is 21.3 Å². The number of nitrogens with zero attached hydrogens (tertiary/aromatic N) is 2. The lowest BCUT2D eigenvalue weighted by Crippen LogP contribution is -2.48. The summed E-state index contributed by atoms with van der Waals surface area (Å²) in [6.45, 7) is 6.65. The van der Waals surface area contributed by atoms with Gasteiger partial charge in [0.05, 0.1) is 17.5 Å². The number of hydrogen-bond acceptors (Lipinski definition) is 5. The Kier molecular flexibility index (Phi) is 8.67. The first-order chi connectivity index (χ1) is 17.6. The van der Waals surface area contributed by atoms with Gasteiger partial charge in [-0.25, -0.2) is 12.8 Å². The Morgan fingerprint density at radius 1 is 1.14 bits per heavy atom. The van der Waals surface area contributed by atoms with Crippen molar-refractivity contribution in [2.45, 2.75) is 44.6 Å². The highest BCUT2D eigenvalue weighted by molar-refractivity contribution is 7.89. The Balaban J connectivity index is 1.56. The van der Waals surface area contributed by atoms with Crippen LogP contribution in [0.4, 0.5) is 4.39 Å². The van der Waals surface area contributed by atoms with Gasteiger partial charge in [0, 0.05) is 18.0 Å². The van der Waals surface area contributed by atoms with E-state index < -0.39 is 10.0 Å². The summed E-state index contributed by atoms with van der Waals surface area (Å²) in [5.41, 5.74) is 1.98. The zero-order valence-corrected chi connectivity index (χ0v) is 23.0. The molecule has 9 heteroatoms. The van der Waals surface area contributed by atoms with E-state index in [1.54, 1.807) is 52.6 Å². The third-order valence-electron chi connectivity index (χ3n) is 6.56. The molecule has 1 atom stereocenters. The van der Waals surface area contributed by atoms with Crippen molar-refractivity contribution in [3.63, 3.8) is 0 Å². The second-order valence-corrected chi connectivity index (χ2v) is 12.7. The molecule has 1 aliphatic rings. The number of carbonyl (C=O) groups excluding carboxylic acids is 1. The van der Waals surface area contributed by atoms with Gasteiger partial charge in [-0.2, -0.15) is 4.31 Å². The highest BCUT2D eigenvalue weighted by Crippen LogP contribution is 2.34. The Labute approximate surface area is 222 Å². The Morgan fingerprint density at radius 3 is 2.51 bits per heavy atom. The van der Waals surface area contributed by atoms with Crippen LogP contribution in [0.5, 0.6) is 5.75 Å². The average molecular weight is 545 g/mol. The van der Waals surface area contributed by atoms with Gasteiger partial charge in [0.15, 0.2) is 0 Å². The van der Waals surface area contributed by atoms with Gasteiger partial charge in [-0.05, 0) is 79.1 Å². The second kappa shape index (κ2) is 11.8. The molecule has 37 heavy (non-hydrogen) atoms. The molecule has 198 valence electrons. The second-order valence-electron chi connectivity index (χ2n) is 9.75. The Morgan fingerprint density at radius 2 is 1.84 bits per heavy atom. The van der Waals surface area contributed by atoms with Crippen LogP contribution in [0.2, 0.25) is 0 Å². The topological polar surface area (TPSA) is 66.9 Å². The molecule has 0 N–H and O–H groups in total. The van der Waals surface area contributed by atoms with Gasteiger partial charge in [-0.3, -0.25) is 4.79 Å². The molecule has 0 bridgehead atoms. The molecule has 3 aromatic rings. The fraction of sp³-hybridized carbons (Fsp3) is 0.393. The van der Waals surface area contributed by atoms with Gasteiger partial charge >= 0.3 is 0 Å². The first kappa shape index (κ1) is 27.3. The fourth-order valence-corrected chi connectivity index (χ4v) is 6.70. The van der Waals surface area contributed by atoms with Crippen molar-refractivity contribution >= 4 is 27.3 Å². The predicted octanol–water partition coefficient (Wildman–Crippen LogP) is 5.44. The summed E-state index contributed by atoms with van der Waals surface area (Å²) in [7, 11) is -3.85. The third-order valence-corrected chi connectivity index (χ3v) is 9.42. The molecule has 0 unspecified atom stereocenters. The Hall–Kier alpha value is -2.75. The van der Waals surface area contributed by atoms with Crippen molar-refractivity contribution in [3.05, 3.63) is 81.8 Å². The molecule has 6 nitrogen and oxygen atoms in total. The molecule has 1 aromatic heterocycles. The van der Waals surface area contributed by atoms with Crippen LogP contribution in [0.3, 0.4) is 0 Å². The number of rotatable bonds is 10. The van der Waals surface area contributed by atoms with Gasteiger partial charge < -0.3 is 9.64 Å². The maximum absolute atomic E-state index is 13.7. The van der Waals surface area contributed by atoms with E-state index >= 15 is 0 Å². The summed E-state index contributed by atoms with van der Waals surface area (Å²) in [6, 6.07) is 14.1. The zero-order valence-electron chi connectivity index (χ0n) is 21.4. The molecule has 0 aliphatic carbocycles. The predicted molar refractivity (Wildman–Crippen MR) is 144 cm³/mol. The lowest BCUT2D eigenvalue weighted by Gasteiger charge is -2.37. The van der Waals surface area contributed by atoms with Crippen molar-refractivity contribution in [3.8, 4) is 5.75 Å². The number of fused-ring (bicyclic) bond motifs is 1. The molecule has 2 heterocycles. The molecule has 4 rings (SSSR count). The van der Waals surface area contributed by atoms with Crippen LogP contribution >= 0.6 is 11.3 Å². The van der Waals surface area contributed by atoms with Crippen LogP contribution in [0.15, 0.2) is 64.9 Å². The molecule has 0 spiro atoms. The lowest BCUT2D eigenvalue weighted by molar-refractivity contribution is -0.135. The smallest absolute Gasteiger partial charge is 0.243 e. The third kappa shape index (κ3) is 6.58. The highest BCUT2D eigenvalue weighted by atomic mass is 32.2. The summed E-state index contributed by atoms with van der Waals surface area (Å²) < 4.78 is 47.7. The fourth-order valence-electron chi connectivity index (χ4n) is 4.37. The van der Waals surface area contributed by atoms with Gasteiger partial charge in [0.2, 0.25) is 15.9 Å². The van der Waals surface area contributed by atoms with E-state index in [9.17, 15) is 17.6 Å². The number of benzene rings is 2. The van der Waals surface area contributed by atoms with Crippen LogP contribution < -0.4 is 4.74 Å². The highest BCUT2D eigenvalue weighted by Gasteiger charge is 2.35. The SMILES string of the molecule is Cc1ccc(S(=O)(=O)N(CCC(C)C)CC(=O)N2CCc3sccc3[C@@H]2COc2ccc(F)cc2)cc1. The summed E-state index contributed by atoms with van der Waals surface area (Å²) in [4.78, 5) is 16.8. The molecular weight excluding hydrogens is 511 g/mol. The molecule has 0 saturated carbocycles. The molecular formula is C28H33FN2O4S2. The number of sulfonamides is 1. The molecule has 0 saturated heterocycles. The summed E-state index contributed by atoms with van der Waals surface area (Å²) >= 11 is 1.64. The first-order valence-electron chi connectivity index (χ1n) is 12.5. The van der Waals surface area contributed by atoms with Crippen LogP contribution in [-0.4, -0.2) is 49.8 Å². The number of thiophene rings is 1. The van der Waals surface area contributed by atoms with Crippen LogP contribution in [0, 0.1) is 18.7 Å². The van der Waals surface area contributed by atoms with Crippen molar-refractivity contribution in [1.29, 1.82) is 0 Å². The van der Waals surface area contributed by atoms with Crippen molar-refractivity contribution in [1.82, 2.24) is 9.21 Å². The minimum absolute atomic E-state index is 0.185. The number of aryl methyl sites for hydroxylation is 1. The average Bonchev–Trinajstić information content (AvgIpc) is 3.35.